The normalized spacial score (nSPS) is 19.5. The Morgan fingerprint density at radius 1 is 1.23 bits per heavy atom. The van der Waals surface area contributed by atoms with E-state index in [0.717, 1.165) is 4.47 Å². The minimum Gasteiger partial charge on any atom is -0.496 e. The number of hydrogen-bond donors (Lipinski definition) is 2. The maximum atomic E-state index is 13.1. The maximum absolute atomic E-state index is 13.1. The van der Waals surface area contributed by atoms with E-state index in [2.05, 4.69) is 33.1 Å². The van der Waals surface area contributed by atoms with Gasteiger partial charge >= 0.3 is 6.03 Å². The number of amides is 2. The zero-order chi connectivity index (χ0) is 18.8. The number of halogens is 2. The lowest BCUT2D eigenvalue weighted by Crippen LogP contribution is -2.50. The number of carbonyl (C=O) groups excluding carboxylic acids is 2. The molecule has 3 rings (SSSR count). The number of methoxy groups -OCH3 is 1. The lowest BCUT2D eigenvalue weighted by Gasteiger charge is -2.34. The summed E-state index contributed by atoms with van der Waals surface area (Å²) in [4.78, 5) is 25.2. The highest BCUT2D eigenvalue weighted by Gasteiger charge is 2.39. The third-order valence-electron chi connectivity index (χ3n) is 4.21. The molecule has 0 aliphatic carbocycles. The van der Waals surface area contributed by atoms with Crippen LogP contribution in [0.4, 0.5) is 4.79 Å². The van der Waals surface area contributed by atoms with Crippen molar-refractivity contribution in [3.63, 3.8) is 0 Å². The quantitative estimate of drug-likeness (QED) is 0.696. The van der Waals surface area contributed by atoms with Gasteiger partial charge in [0.05, 0.1) is 19.1 Å². The molecule has 7 heteroatoms. The molecule has 2 atom stereocenters. The Labute approximate surface area is 164 Å². The Morgan fingerprint density at radius 3 is 2.58 bits per heavy atom. The van der Waals surface area contributed by atoms with E-state index in [1.54, 1.807) is 37.4 Å². The molecule has 0 spiro atoms. The molecule has 0 aromatic heterocycles. The second-order valence-corrected chi connectivity index (χ2v) is 7.19. The van der Waals surface area contributed by atoms with Gasteiger partial charge in [-0.1, -0.05) is 34.1 Å². The van der Waals surface area contributed by atoms with Crippen LogP contribution in [0.2, 0.25) is 5.02 Å². The van der Waals surface area contributed by atoms with Gasteiger partial charge < -0.3 is 15.4 Å². The minimum atomic E-state index is -0.697. The number of hydrogen-bond acceptors (Lipinski definition) is 3. The van der Waals surface area contributed by atoms with Crippen LogP contribution in [0, 0.1) is 5.92 Å². The molecule has 2 N–H and O–H groups in total. The number of ketones is 1. The maximum Gasteiger partial charge on any atom is 0.319 e. The summed E-state index contributed by atoms with van der Waals surface area (Å²) in [5.74, 6) is -0.301. The van der Waals surface area contributed by atoms with Gasteiger partial charge in [-0.2, -0.15) is 0 Å². The molecule has 1 fully saturated rings. The Hall–Kier alpha value is -2.31. The highest BCUT2D eigenvalue weighted by molar-refractivity contribution is 9.10. The van der Waals surface area contributed by atoms with Crippen molar-refractivity contribution in [3.8, 4) is 5.75 Å². The molecule has 0 saturated carbocycles. The van der Waals surface area contributed by atoms with Gasteiger partial charge in [-0.05, 0) is 42.5 Å². The zero-order valence-electron chi connectivity index (χ0n) is 13.9. The van der Waals surface area contributed by atoms with Crippen molar-refractivity contribution in [2.45, 2.75) is 6.04 Å². The molecule has 134 valence electrons. The molecule has 2 aromatic rings. The number of benzene rings is 2. The molecule has 1 aliphatic rings. The Bertz CT molecular complexity index is 883. The smallest absolute Gasteiger partial charge is 0.319 e. The average molecular weight is 436 g/mol. The van der Waals surface area contributed by atoms with Crippen LogP contribution in [0.25, 0.3) is 0 Å². The Kier molecular flexibility index (Phi) is 5.34. The summed E-state index contributed by atoms with van der Waals surface area (Å²) < 4.78 is 6.23. The molecule has 26 heavy (non-hydrogen) atoms. The molecule has 1 aliphatic heterocycles. The largest absolute Gasteiger partial charge is 0.496 e. The van der Waals surface area contributed by atoms with Crippen molar-refractivity contribution < 1.29 is 14.3 Å². The van der Waals surface area contributed by atoms with Crippen molar-refractivity contribution in [2.24, 2.45) is 5.92 Å². The molecular weight excluding hydrogens is 420 g/mol. The van der Waals surface area contributed by atoms with Crippen molar-refractivity contribution in [3.05, 3.63) is 75.4 Å². The second-order valence-electron chi connectivity index (χ2n) is 5.84. The van der Waals surface area contributed by atoms with Gasteiger partial charge in [0.1, 0.15) is 5.75 Å². The molecule has 1 heterocycles. The number of rotatable bonds is 4. The number of carbonyl (C=O) groups is 2. The van der Waals surface area contributed by atoms with Crippen LogP contribution < -0.4 is 15.4 Å². The first-order valence-corrected chi connectivity index (χ1v) is 8.97. The third kappa shape index (κ3) is 3.61. The van der Waals surface area contributed by atoms with E-state index in [4.69, 9.17) is 16.3 Å². The summed E-state index contributed by atoms with van der Waals surface area (Å²) in [7, 11) is 1.54. The number of urea groups is 1. The van der Waals surface area contributed by atoms with E-state index in [9.17, 15) is 9.59 Å². The molecule has 2 aromatic carbocycles. The first kappa shape index (κ1) is 18.5. The number of nitrogens with one attached hydrogen (secondary N) is 2. The van der Waals surface area contributed by atoms with Gasteiger partial charge in [0.25, 0.3) is 0 Å². The van der Waals surface area contributed by atoms with E-state index in [0.29, 0.717) is 27.6 Å². The standard InChI is InChI=1S/C19H16BrClN2O3/c1-10-16(18(24)11-3-6-13(21)7-4-11)17(23-19(25)22-10)14-9-12(20)5-8-15(14)26-2/h3-9,16-17H,1H2,2H3,(H2,22,23,25)/t16-,17+/m0/s1. The summed E-state index contributed by atoms with van der Waals surface area (Å²) in [6, 6.07) is 11.0. The predicted octanol–water partition coefficient (Wildman–Crippen LogP) is 4.48. The van der Waals surface area contributed by atoms with Gasteiger partial charge in [-0.15, -0.1) is 0 Å². The first-order chi connectivity index (χ1) is 12.4. The molecule has 5 nitrogen and oxygen atoms in total. The second kappa shape index (κ2) is 7.51. The fraction of sp³-hybridized carbons (Fsp3) is 0.158. The summed E-state index contributed by atoms with van der Waals surface area (Å²) in [5.41, 5.74) is 1.50. The van der Waals surface area contributed by atoms with E-state index >= 15 is 0 Å². The first-order valence-electron chi connectivity index (χ1n) is 7.80. The lowest BCUT2D eigenvalue weighted by atomic mass is 9.83. The van der Waals surface area contributed by atoms with Crippen LogP contribution in [0.1, 0.15) is 22.0 Å². The Morgan fingerprint density at radius 2 is 1.92 bits per heavy atom. The van der Waals surface area contributed by atoms with Gasteiger partial charge in [0.15, 0.2) is 5.78 Å². The fourth-order valence-corrected chi connectivity index (χ4v) is 3.50. The van der Waals surface area contributed by atoms with Crippen molar-refractivity contribution in [2.75, 3.05) is 7.11 Å². The highest BCUT2D eigenvalue weighted by Crippen LogP contribution is 2.38. The summed E-state index contributed by atoms with van der Waals surface area (Å²) in [6.45, 7) is 3.89. The topological polar surface area (TPSA) is 67.4 Å². The van der Waals surface area contributed by atoms with Crippen LogP contribution >= 0.6 is 27.5 Å². The van der Waals surface area contributed by atoms with Crippen molar-refractivity contribution in [1.82, 2.24) is 10.6 Å². The zero-order valence-corrected chi connectivity index (χ0v) is 16.2. The summed E-state index contributed by atoms with van der Waals surface area (Å²) in [6.07, 6.45) is 0. The van der Waals surface area contributed by atoms with E-state index in [-0.39, 0.29) is 5.78 Å². The van der Waals surface area contributed by atoms with Crippen LogP contribution in [0.15, 0.2) is 59.2 Å². The van der Waals surface area contributed by atoms with Crippen LogP contribution in [0.3, 0.4) is 0 Å². The average Bonchev–Trinajstić information content (AvgIpc) is 2.61. The monoisotopic (exact) mass is 434 g/mol. The van der Waals surface area contributed by atoms with Crippen molar-refractivity contribution in [1.29, 1.82) is 0 Å². The van der Waals surface area contributed by atoms with E-state index in [1.165, 1.54) is 0 Å². The third-order valence-corrected chi connectivity index (χ3v) is 4.95. The van der Waals surface area contributed by atoms with Gasteiger partial charge in [-0.25, -0.2) is 4.79 Å². The summed E-state index contributed by atoms with van der Waals surface area (Å²) >= 11 is 9.34. The molecule has 0 radical (unpaired) electrons. The molecular formula is C19H16BrClN2O3. The van der Waals surface area contributed by atoms with Crippen molar-refractivity contribution >= 4 is 39.3 Å². The van der Waals surface area contributed by atoms with E-state index < -0.39 is 18.0 Å². The van der Waals surface area contributed by atoms with Crippen LogP contribution in [-0.4, -0.2) is 18.9 Å². The lowest BCUT2D eigenvalue weighted by molar-refractivity contribution is 0.0904. The molecule has 2 amide bonds. The highest BCUT2D eigenvalue weighted by atomic mass is 79.9. The van der Waals surface area contributed by atoms with Gasteiger partial charge in [0, 0.05) is 26.3 Å². The molecule has 1 saturated heterocycles. The minimum absolute atomic E-state index is 0.175. The Balaban J connectivity index is 2.07. The molecule has 0 unspecified atom stereocenters. The fourth-order valence-electron chi connectivity index (χ4n) is 2.99. The van der Waals surface area contributed by atoms with Crippen LogP contribution in [-0.2, 0) is 0 Å². The van der Waals surface area contributed by atoms with Gasteiger partial charge in [-0.3, -0.25) is 4.79 Å². The number of ether oxygens (including phenoxy) is 1. The van der Waals surface area contributed by atoms with E-state index in [1.807, 2.05) is 12.1 Å². The molecule has 0 bridgehead atoms. The summed E-state index contributed by atoms with van der Waals surface area (Å²) in [5, 5.41) is 5.96. The van der Waals surface area contributed by atoms with Gasteiger partial charge in [0.2, 0.25) is 0 Å². The predicted molar refractivity (Wildman–Crippen MR) is 104 cm³/mol. The SMILES string of the molecule is C=C1NC(=O)N[C@H](c2cc(Br)ccc2OC)[C@H]1C(=O)c1ccc(Cl)cc1. The number of Topliss-reactive ketones (excluding diaryl/α,β-unsaturated/α-hetero) is 1. The van der Waals surface area contributed by atoms with Crippen LogP contribution in [0.5, 0.6) is 5.75 Å².